The van der Waals surface area contributed by atoms with Gasteiger partial charge in [-0.2, -0.15) is 4.31 Å². The van der Waals surface area contributed by atoms with E-state index >= 15 is 0 Å². The van der Waals surface area contributed by atoms with Crippen molar-refractivity contribution in [1.29, 1.82) is 0 Å². The van der Waals surface area contributed by atoms with E-state index in [2.05, 4.69) is 0 Å². The summed E-state index contributed by atoms with van der Waals surface area (Å²) in [6, 6.07) is 18.2. The summed E-state index contributed by atoms with van der Waals surface area (Å²) in [5.41, 5.74) is 2.58. The van der Waals surface area contributed by atoms with Gasteiger partial charge < -0.3 is 9.47 Å². The number of carbonyl (C=O) groups excluding carboxylic acids is 1. The molecule has 1 aliphatic rings. The summed E-state index contributed by atoms with van der Waals surface area (Å²) in [5, 5.41) is 0.545. The fourth-order valence-electron chi connectivity index (χ4n) is 5.08. The van der Waals surface area contributed by atoms with Crippen molar-refractivity contribution in [1.82, 2.24) is 8.87 Å². The number of rotatable bonds is 4. The number of ether oxygens (including phenoxy) is 2. The van der Waals surface area contributed by atoms with E-state index < -0.39 is 33.5 Å². The Bertz CT molecular complexity index is 1650. The number of aromatic nitrogens is 1. The van der Waals surface area contributed by atoms with E-state index in [0.29, 0.717) is 27.9 Å². The van der Waals surface area contributed by atoms with Crippen molar-refractivity contribution in [2.24, 2.45) is 0 Å². The maximum atomic E-state index is 14.6. The second-order valence-corrected chi connectivity index (χ2v) is 12.7. The lowest BCUT2D eigenvalue weighted by atomic mass is 9.87. The molecule has 4 aromatic rings. The van der Waals surface area contributed by atoms with Crippen molar-refractivity contribution in [3.8, 4) is 5.75 Å². The average Bonchev–Trinajstić information content (AvgIpc) is 3.21. The Kier molecular flexibility index (Phi) is 6.76. The number of aryl methyl sites for hydroxylation is 1. The predicted octanol–water partition coefficient (Wildman–Crippen LogP) is 6.22. The number of methoxy groups -OCH3 is 1. The minimum absolute atomic E-state index is 0.0757. The number of carbonyl (C=O) groups is 1. The molecule has 9 heteroatoms. The first-order valence-electron chi connectivity index (χ1n) is 12.7. The van der Waals surface area contributed by atoms with Crippen LogP contribution in [-0.4, -0.2) is 42.6 Å². The molecule has 0 saturated carbocycles. The lowest BCUT2D eigenvalue weighted by Crippen LogP contribution is -2.40. The van der Waals surface area contributed by atoms with Gasteiger partial charge in [0.2, 0.25) is 10.0 Å². The summed E-state index contributed by atoms with van der Waals surface area (Å²) in [7, 11) is -2.36. The highest BCUT2D eigenvalue weighted by molar-refractivity contribution is 7.89. The predicted molar refractivity (Wildman–Crippen MR) is 147 cm³/mol. The molecule has 7 nitrogen and oxygen atoms in total. The summed E-state index contributed by atoms with van der Waals surface area (Å²) in [6.45, 7) is 7.21. The third kappa shape index (κ3) is 5.04. The quantitative estimate of drug-likeness (QED) is 0.302. The van der Waals surface area contributed by atoms with Crippen LogP contribution < -0.4 is 4.74 Å². The second-order valence-electron chi connectivity index (χ2n) is 10.8. The topological polar surface area (TPSA) is 77.8 Å². The number of hydrogen-bond acceptors (Lipinski definition) is 5. The van der Waals surface area contributed by atoms with Gasteiger partial charge in [-0.3, -0.25) is 0 Å². The molecule has 0 N–H and O–H groups in total. The Morgan fingerprint density at radius 2 is 1.67 bits per heavy atom. The van der Waals surface area contributed by atoms with E-state index in [0.717, 1.165) is 11.1 Å². The molecule has 1 aromatic heterocycles. The van der Waals surface area contributed by atoms with E-state index in [-0.39, 0.29) is 18.0 Å². The lowest BCUT2D eigenvalue weighted by molar-refractivity contribution is 0.0536. The van der Waals surface area contributed by atoms with Gasteiger partial charge in [0.15, 0.2) is 0 Å². The molecule has 1 atom stereocenters. The van der Waals surface area contributed by atoms with Crippen LogP contribution in [-0.2, 0) is 21.3 Å². The van der Waals surface area contributed by atoms with Crippen molar-refractivity contribution in [3.63, 3.8) is 0 Å². The standard InChI is InChI=1S/C30H31FN2O5S/c1-19-6-13-23(14-7-19)39(35,36)32-17-25(20-8-11-22(37-5)12-9-20)28-24-16-21(31)10-15-26(24)33(27(28)18-32)29(34)38-30(2,3)4/h6-16,25H,17-18H2,1-5H3. The van der Waals surface area contributed by atoms with Gasteiger partial charge in [0.1, 0.15) is 17.2 Å². The van der Waals surface area contributed by atoms with Gasteiger partial charge in [0.05, 0.1) is 24.1 Å². The Morgan fingerprint density at radius 3 is 2.28 bits per heavy atom. The van der Waals surface area contributed by atoms with Crippen LogP contribution in [0, 0.1) is 12.7 Å². The van der Waals surface area contributed by atoms with Crippen LogP contribution in [0.2, 0.25) is 0 Å². The minimum Gasteiger partial charge on any atom is -0.497 e. The molecule has 0 fully saturated rings. The summed E-state index contributed by atoms with van der Waals surface area (Å²) in [6.07, 6.45) is -0.650. The molecule has 2 heterocycles. The smallest absolute Gasteiger partial charge is 0.419 e. The number of halogens is 1. The summed E-state index contributed by atoms with van der Waals surface area (Å²) >= 11 is 0. The molecule has 0 saturated heterocycles. The van der Waals surface area contributed by atoms with Crippen LogP contribution in [0.25, 0.3) is 10.9 Å². The molecule has 0 radical (unpaired) electrons. The van der Waals surface area contributed by atoms with E-state index in [9.17, 15) is 17.6 Å². The van der Waals surface area contributed by atoms with E-state index in [1.807, 2.05) is 19.1 Å². The molecule has 1 aliphatic heterocycles. The van der Waals surface area contributed by atoms with Crippen molar-refractivity contribution < 1.29 is 27.1 Å². The van der Waals surface area contributed by atoms with Gasteiger partial charge in [0, 0.05) is 23.5 Å². The molecule has 0 spiro atoms. The van der Waals surface area contributed by atoms with E-state index in [1.165, 1.54) is 27.1 Å². The normalized spacial score (nSPS) is 16.2. The van der Waals surface area contributed by atoms with Crippen LogP contribution in [0.15, 0.2) is 71.6 Å². The average molecular weight is 551 g/mol. The molecule has 1 unspecified atom stereocenters. The zero-order valence-electron chi connectivity index (χ0n) is 22.6. The Hall–Kier alpha value is -3.69. The highest BCUT2D eigenvalue weighted by Crippen LogP contribution is 2.42. The van der Waals surface area contributed by atoms with Crippen LogP contribution >= 0.6 is 0 Å². The lowest BCUT2D eigenvalue weighted by Gasteiger charge is -2.33. The summed E-state index contributed by atoms with van der Waals surface area (Å²) in [4.78, 5) is 13.7. The van der Waals surface area contributed by atoms with Crippen molar-refractivity contribution in [2.45, 2.75) is 50.7 Å². The number of nitrogens with zero attached hydrogens (tertiary/aromatic N) is 2. The van der Waals surface area contributed by atoms with Gasteiger partial charge in [-0.25, -0.2) is 22.2 Å². The molecular weight excluding hydrogens is 519 g/mol. The third-order valence-electron chi connectivity index (χ3n) is 6.88. The first-order valence-corrected chi connectivity index (χ1v) is 14.1. The van der Waals surface area contributed by atoms with Crippen molar-refractivity contribution in [3.05, 3.63) is 94.9 Å². The van der Waals surface area contributed by atoms with E-state index in [4.69, 9.17) is 9.47 Å². The van der Waals surface area contributed by atoms with Gasteiger partial charge in [-0.05, 0) is 81.3 Å². The first-order chi connectivity index (χ1) is 18.4. The summed E-state index contributed by atoms with van der Waals surface area (Å²) < 4.78 is 56.2. The molecule has 5 rings (SSSR count). The largest absolute Gasteiger partial charge is 0.497 e. The van der Waals surface area contributed by atoms with Gasteiger partial charge in [-0.15, -0.1) is 0 Å². The zero-order valence-corrected chi connectivity index (χ0v) is 23.4. The SMILES string of the molecule is COc1ccc(C2CN(S(=O)(=O)c3ccc(C)cc3)Cc3c2c2cc(F)ccc2n3C(=O)OC(C)(C)C)cc1. The number of sulfonamides is 1. The van der Waals surface area contributed by atoms with Crippen molar-refractivity contribution in [2.75, 3.05) is 13.7 Å². The minimum atomic E-state index is -3.93. The maximum absolute atomic E-state index is 14.6. The Morgan fingerprint density at radius 1 is 1.00 bits per heavy atom. The molecular formula is C30H31FN2O5S. The van der Waals surface area contributed by atoms with Crippen LogP contribution in [0.1, 0.15) is 49.1 Å². The van der Waals surface area contributed by atoms with Gasteiger partial charge in [-0.1, -0.05) is 29.8 Å². The molecule has 39 heavy (non-hydrogen) atoms. The van der Waals surface area contributed by atoms with Crippen LogP contribution in [0.3, 0.4) is 0 Å². The maximum Gasteiger partial charge on any atom is 0.419 e. The first kappa shape index (κ1) is 26.9. The monoisotopic (exact) mass is 550 g/mol. The highest BCUT2D eigenvalue weighted by Gasteiger charge is 2.39. The van der Waals surface area contributed by atoms with Crippen LogP contribution in [0.4, 0.5) is 9.18 Å². The zero-order chi connectivity index (χ0) is 28.1. The number of benzene rings is 3. The van der Waals surface area contributed by atoms with Gasteiger partial charge >= 0.3 is 6.09 Å². The third-order valence-corrected chi connectivity index (χ3v) is 8.71. The second kappa shape index (κ2) is 9.81. The van der Waals surface area contributed by atoms with Gasteiger partial charge in [0.25, 0.3) is 0 Å². The Labute approximate surface area is 227 Å². The molecule has 3 aromatic carbocycles. The molecule has 204 valence electrons. The van der Waals surface area contributed by atoms with Crippen molar-refractivity contribution >= 4 is 27.0 Å². The number of hydrogen-bond donors (Lipinski definition) is 0. The fourth-order valence-corrected chi connectivity index (χ4v) is 6.49. The highest BCUT2D eigenvalue weighted by atomic mass is 32.2. The Balaban J connectivity index is 1.75. The molecule has 0 bridgehead atoms. The molecule has 0 amide bonds. The number of fused-ring (bicyclic) bond motifs is 3. The van der Waals surface area contributed by atoms with Crippen LogP contribution in [0.5, 0.6) is 5.75 Å². The fraction of sp³-hybridized carbons (Fsp3) is 0.300. The molecule has 0 aliphatic carbocycles. The van der Waals surface area contributed by atoms with E-state index in [1.54, 1.807) is 64.3 Å². The summed E-state index contributed by atoms with van der Waals surface area (Å²) in [5.74, 6) is -0.274.